The van der Waals surface area contributed by atoms with E-state index in [1.807, 2.05) is 5.10 Å². The van der Waals surface area contributed by atoms with E-state index in [0.717, 1.165) is 18.5 Å². The number of carbonyl (C=O) groups excluding carboxylic acids is 1. The molecule has 1 unspecified atom stereocenters. The van der Waals surface area contributed by atoms with Gasteiger partial charge in [-0.3, -0.25) is 9.59 Å². The molecule has 2 aromatic rings. The zero-order chi connectivity index (χ0) is 25.1. The van der Waals surface area contributed by atoms with E-state index in [1.54, 1.807) is 16.7 Å². The van der Waals surface area contributed by atoms with Crippen molar-refractivity contribution in [3.8, 4) is 0 Å². The lowest BCUT2D eigenvalue weighted by Crippen LogP contribution is -2.49. The Kier molecular flexibility index (Phi) is 7.46. The average Bonchev–Trinajstić information content (AvgIpc) is 2.78. The highest BCUT2D eigenvalue weighted by molar-refractivity contribution is 5.76. The third-order valence-corrected chi connectivity index (χ3v) is 5.54. The summed E-state index contributed by atoms with van der Waals surface area (Å²) in [6, 6.07) is 0.730. The molecule has 1 aliphatic heterocycles. The summed E-state index contributed by atoms with van der Waals surface area (Å²) in [5.74, 6) is -0.384. The molecule has 1 saturated heterocycles. The molecule has 0 aliphatic carbocycles. The highest BCUT2D eigenvalue weighted by atomic mass is 19.4. The molecule has 1 amide bonds. The fraction of sp³-hybridized carbons (Fsp3) is 0.550. The van der Waals surface area contributed by atoms with Gasteiger partial charge < -0.3 is 9.80 Å². The number of hydrogen-bond donors (Lipinski definition) is 1. The van der Waals surface area contributed by atoms with Crippen LogP contribution in [0, 0.1) is 0 Å². The van der Waals surface area contributed by atoms with E-state index in [4.69, 9.17) is 0 Å². The van der Waals surface area contributed by atoms with Crippen molar-refractivity contribution in [2.75, 3.05) is 31.1 Å². The van der Waals surface area contributed by atoms with Gasteiger partial charge in [-0.15, -0.1) is 0 Å². The molecular weight excluding hydrogens is 470 g/mol. The Labute approximate surface area is 190 Å². The molecule has 34 heavy (non-hydrogen) atoms. The average molecular weight is 492 g/mol. The Balaban J connectivity index is 1.46. The fourth-order valence-corrected chi connectivity index (χ4v) is 3.54. The number of hydrogen-bond acceptors (Lipinski definition) is 6. The van der Waals surface area contributed by atoms with Gasteiger partial charge in [0, 0.05) is 50.9 Å². The van der Waals surface area contributed by atoms with Gasteiger partial charge in [-0.2, -0.15) is 31.4 Å². The molecule has 186 valence electrons. The van der Waals surface area contributed by atoms with E-state index in [0.29, 0.717) is 39.0 Å². The van der Waals surface area contributed by atoms with Gasteiger partial charge in [0.05, 0.1) is 11.3 Å². The van der Waals surface area contributed by atoms with Gasteiger partial charge in [0.25, 0.3) is 5.56 Å². The number of aromatic nitrogens is 4. The molecule has 1 aliphatic rings. The Morgan fingerprint density at radius 1 is 1.06 bits per heavy atom. The second-order valence-electron chi connectivity index (χ2n) is 7.96. The van der Waals surface area contributed by atoms with E-state index in [2.05, 4.69) is 15.1 Å². The number of aromatic amines is 1. The summed E-state index contributed by atoms with van der Waals surface area (Å²) in [7, 11) is 0. The van der Waals surface area contributed by atoms with Crippen molar-refractivity contribution in [1.82, 2.24) is 25.1 Å². The summed E-state index contributed by atoms with van der Waals surface area (Å²) in [6.07, 6.45) is -6.89. The standard InChI is InChI=1S/C20H22F6N6O2/c1-12(15-9-14(20(24,25)26)17(34)30-29-15)3-2-4-16(33)31-5-7-32(8-6-31)18-27-10-13(11-28-18)19(21,22)23/h9-12H,2-8H2,1H3,(H,30,34). The van der Waals surface area contributed by atoms with Crippen molar-refractivity contribution in [3.05, 3.63) is 45.6 Å². The molecule has 3 rings (SSSR count). The predicted octanol–water partition coefficient (Wildman–Crippen LogP) is 3.22. The van der Waals surface area contributed by atoms with E-state index in [1.165, 1.54) is 0 Å². The molecule has 2 aromatic heterocycles. The molecule has 1 atom stereocenters. The van der Waals surface area contributed by atoms with Crippen LogP contribution in [0.4, 0.5) is 32.3 Å². The lowest BCUT2D eigenvalue weighted by molar-refractivity contribution is -0.139. The van der Waals surface area contributed by atoms with Gasteiger partial charge in [0.1, 0.15) is 5.56 Å². The molecule has 0 aromatic carbocycles. The number of alkyl halides is 6. The van der Waals surface area contributed by atoms with E-state index in [-0.39, 0.29) is 24.0 Å². The SMILES string of the molecule is CC(CCCC(=O)N1CCN(c2ncc(C(F)(F)F)cn2)CC1)c1cc(C(F)(F)F)c(=O)[nH]n1. The first-order valence-electron chi connectivity index (χ1n) is 10.4. The molecule has 1 fully saturated rings. The second-order valence-corrected chi connectivity index (χ2v) is 7.96. The molecule has 3 heterocycles. The lowest BCUT2D eigenvalue weighted by Gasteiger charge is -2.34. The van der Waals surface area contributed by atoms with Crippen molar-refractivity contribution >= 4 is 11.9 Å². The minimum atomic E-state index is -4.78. The summed E-state index contributed by atoms with van der Waals surface area (Å²) >= 11 is 0. The number of anilines is 1. The topological polar surface area (TPSA) is 95.1 Å². The van der Waals surface area contributed by atoms with Crippen LogP contribution >= 0.6 is 0 Å². The van der Waals surface area contributed by atoms with Crippen molar-refractivity contribution in [1.29, 1.82) is 0 Å². The van der Waals surface area contributed by atoms with Gasteiger partial charge >= 0.3 is 12.4 Å². The maximum atomic E-state index is 12.9. The molecule has 14 heteroatoms. The number of rotatable bonds is 6. The Morgan fingerprint density at radius 2 is 1.68 bits per heavy atom. The van der Waals surface area contributed by atoms with Gasteiger partial charge in [-0.05, 0) is 18.9 Å². The number of halogens is 6. The highest BCUT2D eigenvalue weighted by Gasteiger charge is 2.35. The zero-order valence-electron chi connectivity index (χ0n) is 18.1. The van der Waals surface area contributed by atoms with Crippen molar-refractivity contribution < 1.29 is 31.1 Å². The largest absolute Gasteiger partial charge is 0.421 e. The first-order chi connectivity index (χ1) is 15.9. The predicted molar refractivity (Wildman–Crippen MR) is 108 cm³/mol. The molecule has 0 saturated carbocycles. The van der Waals surface area contributed by atoms with Crippen molar-refractivity contribution in [3.63, 3.8) is 0 Å². The van der Waals surface area contributed by atoms with Crippen molar-refractivity contribution in [2.24, 2.45) is 0 Å². The Morgan fingerprint density at radius 3 is 2.24 bits per heavy atom. The number of amides is 1. The number of piperazine rings is 1. The van der Waals surface area contributed by atoms with Crippen LogP contribution in [0.2, 0.25) is 0 Å². The molecule has 1 N–H and O–H groups in total. The molecule has 8 nitrogen and oxygen atoms in total. The first kappa shape index (κ1) is 25.4. The van der Waals surface area contributed by atoms with Crippen molar-refractivity contribution in [2.45, 2.75) is 44.5 Å². The van der Waals surface area contributed by atoms with Crippen LogP contribution in [-0.4, -0.2) is 57.2 Å². The number of nitrogens with zero attached hydrogens (tertiary/aromatic N) is 5. The van der Waals surface area contributed by atoms with Gasteiger partial charge in [-0.1, -0.05) is 6.92 Å². The van der Waals surface area contributed by atoms with Crippen LogP contribution in [0.25, 0.3) is 0 Å². The summed E-state index contributed by atoms with van der Waals surface area (Å²) in [4.78, 5) is 34.6. The van der Waals surface area contributed by atoms with Crippen LogP contribution in [0.1, 0.15) is 48.9 Å². The summed E-state index contributed by atoms with van der Waals surface area (Å²) in [6.45, 7) is 3.06. The minimum Gasteiger partial charge on any atom is -0.339 e. The summed E-state index contributed by atoms with van der Waals surface area (Å²) in [5.41, 5.74) is -3.47. The number of carbonyl (C=O) groups is 1. The highest BCUT2D eigenvalue weighted by Crippen LogP contribution is 2.29. The maximum Gasteiger partial charge on any atom is 0.421 e. The van der Waals surface area contributed by atoms with Crippen LogP contribution in [0.15, 0.2) is 23.3 Å². The van der Waals surface area contributed by atoms with Crippen LogP contribution in [0.5, 0.6) is 0 Å². The minimum absolute atomic E-state index is 0.0875. The van der Waals surface area contributed by atoms with Crippen LogP contribution < -0.4 is 10.5 Å². The Bertz CT molecular complexity index is 1050. The smallest absolute Gasteiger partial charge is 0.339 e. The molecule has 0 bridgehead atoms. The number of H-pyrrole nitrogens is 1. The second kappa shape index (κ2) is 9.97. The monoisotopic (exact) mass is 492 g/mol. The Hall–Kier alpha value is -3.19. The normalized spacial score (nSPS) is 16.0. The van der Waals surface area contributed by atoms with E-state index in [9.17, 15) is 35.9 Å². The van der Waals surface area contributed by atoms with E-state index < -0.39 is 35.0 Å². The maximum absolute atomic E-state index is 12.9. The lowest BCUT2D eigenvalue weighted by atomic mass is 9.99. The molecule has 0 spiro atoms. The zero-order valence-corrected chi connectivity index (χ0v) is 18.1. The number of nitrogens with one attached hydrogen (secondary N) is 1. The van der Waals surface area contributed by atoms with Gasteiger partial charge in [-0.25, -0.2) is 15.1 Å². The first-order valence-corrected chi connectivity index (χ1v) is 10.4. The van der Waals surface area contributed by atoms with E-state index >= 15 is 0 Å². The van der Waals surface area contributed by atoms with Gasteiger partial charge in [0.15, 0.2) is 0 Å². The molecular formula is C20H22F6N6O2. The third kappa shape index (κ3) is 6.23. The quantitative estimate of drug-likeness (QED) is 0.623. The van der Waals surface area contributed by atoms with Crippen LogP contribution in [-0.2, 0) is 17.1 Å². The summed E-state index contributed by atoms with van der Waals surface area (Å²) < 4.78 is 76.6. The molecule has 0 radical (unpaired) electrons. The van der Waals surface area contributed by atoms with Gasteiger partial charge in [0.2, 0.25) is 11.9 Å². The van der Waals surface area contributed by atoms with Crippen LogP contribution in [0.3, 0.4) is 0 Å². The summed E-state index contributed by atoms with van der Waals surface area (Å²) in [5, 5.41) is 5.55. The fourth-order valence-electron chi connectivity index (χ4n) is 3.54. The third-order valence-electron chi connectivity index (χ3n) is 5.54.